The Balaban J connectivity index is 1.86. The lowest BCUT2D eigenvalue weighted by Gasteiger charge is -2.30. The van der Waals surface area contributed by atoms with Gasteiger partial charge in [-0.1, -0.05) is 12.1 Å². The van der Waals surface area contributed by atoms with E-state index < -0.39 is 5.91 Å². The number of esters is 1. The third kappa shape index (κ3) is 3.75. The summed E-state index contributed by atoms with van der Waals surface area (Å²) in [5, 5.41) is 0.460. The van der Waals surface area contributed by atoms with E-state index in [0.717, 1.165) is 0 Å². The van der Waals surface area contributed by atoms with E-state index in [1.165, 1.54) is 11.7 Å². The summed E-state index contributed by atoms with van der Waals surface area (Å²) in [6, 6.07) is 7.04. The van der Waals surface area contributed by atoms with Crippen LogP contribution in [-0.2, 0) is 27.4 Å². The molecule has 0 radical (unpaired) electrons. The average Bonchev–Trinajstić information content (AvgIpc) is 2.64. The number of primary amides is 1. The minimum absolute atomic E-state index is 0.0892. The van der Waals surface area contributed by atoms with Gasteiger partial charge >= 0.3 is 5.97 Å². The molecule has 8 nitrogen and oxygen atoms in total. The zero-order chi connectivity index (χ0) is 18.7. The molecule has 138 valence electrons. The second kappa shape index (κ2) is 7.65. The van der Waals surface area contributed by atoms with Crippen LogP contribution in [0.4, 0.5) is 0 Å². The zero-order valence-corrected chi connectivity index (χ0v) is 14.7. The standard InChI is InChI=1S/C18H22N4O4/c1-26-18(25)12-6-8-21(9-7-12)11-16-20-14-5-3-2-4-13(14)17(24)22(16)10-15(19)23/h2-5,12H,6-11H2,1H3,(H2,19,23). The van der Waals surface area contributed by atoms with E-state index in [4.69, 9.17) is 10.5 Å². The van der Waals surface area contributed by atoms with Crippen LogP contribution in [0.2, 0.25) is 0 Å². The van der Waals surface area contributed by atoms with Crippen molar-refractivity contribution >= 4 is 22.8 Å². The first-order chi connectivity index (χ1) is 12.5. The molecule has 0 saturated carbocycles. The van der Waals surface area contributed by atoms with Crippen molar-refractivity contribution in [3.63, 3.8) is 0 Å². The highest BCUT2D eigenvalue weighted by molar-refractivity contribution is 5.78. The van der Waals surface area contributed by atoms with E-state index in [1.807, 2.05) is 6.07 Å². The maximum absolute atomic E-state index is 12.7. The number of hydrogen-bond donors (Lipinski definition) is 1. The minimum atomic E-state index is -0.588. The third-order valence-electron chi connectivity index (χ3n) is 4.74. The largest absolute Gasteiger partial charge is 0.469 e. The van der Waals surface area contributed by atoms with Gasteiger partial charge < -0.3 is 10.5 Å². The highest BCUT2D eigenvalue weighted by atomic mass is 16.5. The molecule has 2 N–H and O–H groups in total. The summed E-state index contributed by atoms with van der Waals surface area (Å²) >= 11 is 0. The molecule has 1 aliphatic rings. The average molecular weight is 358 g/mol. The molecule has 1 aromatic carbocycles. The molecule has 2 heterocycles. The molecule has 26 heavy (non-hydrogen) atoms. The highest BCUT2D eigenvalue weighted by Crippen LogP contribution is 2.20. The normalized spacial score (nSPS) is 15.9. The van der Waals surface area contributed by atoms with Gasteiger partial charge in [0.1, 0.15) is 12.4 Å². The number of nitrogens with zero attached hydrogens (tertiary/aromatic N) is 3. The maximum Gasteiger partial charge on any atom is 0.308 e. The van der Waals surface area contributed by atoms with Crippen LogP contribution in [0.15, 0.2) is 29.1 Å². The van der Waals surface area contributed by atoms with Crippen LogP contribution < -0.4 is 11.3 Å². The summed E-state index contributed by atoms with van der Waals surface area (Å²) < 4.78 is 6.15. The Morgan fingerprint density at radius 1 is 1.27 bits per heavy atom. The van der Waals surface area contributed by atoms with Gasteiger partial charge in [0.2, 0.25) is 5.91 Å². The zero-order valence-electron chi connectivity index (χ0n) is 14.7. The van der Waals surface area contributed by atoms with Gasteiger partial charge in [0.15, 0.2) is 0 Å². The number of fused-ring (bicyclic) bond motifs is 1. The summed E-state index contributed by atoms with van der Waals surface area (Å²) in [7, 11) is 1.40. The fraction of sp³-hybridized carbons (Fsp3) is 0.444. The van der Waals surface area contributed by atoms with Crippen molar-refractivity contribution in [3.8, 4) is 0 Å². The summed E-state index contributed by atoms with van der Waals surface area (Å²) in [5.74, 6) is -0.355. The van der Waals surface area contributed by atoms with Crippen LogP contribution in [0.25, 0.3) is 10.9 Å². The van der Waals surface area contributed by atoms with Gasteiger partial charge in [-0.05, 0) is 38.1 Å². The number of hydrogen-bond acceptors (Lipinski definition) is 6. The van der Waals surface area contributed by atoms with Gasteiger partial charge in [-0.3, -0.25) is 23.9 Å². The molecular formula is C18H22N4O4. The quantitative estimate of drug-likeness (QED) is 0.769. The SMILES string of the molecule is COC(=O)C1CCN(Cc2nc3ccccc3c(=O)n2CC(N)=O)CC1. The number of amides is 1. The lowest BCUT2D eigenvalue weighted by atomic mass is 9.97. The number of carbonyl (C=O) groups excluding carboxylic acids is 2. The summed E-state index contributed by atoms with van der Waals surface area (Å²) in [6.07, 6.45) is 1.39. The molecule has 8 heteroatoms. The van der Waals surface area contributed by atoms with E-state index in [1.54, 1.807) is 18.2 Å². The lowest BCUT2D eigenvalue weighted by Crippen LogP contribution is -2.39. The van der Waals surface area contributed by atoms with Crippen LogP contribution in [-0.4, -0.2) is 46.5 Å². The van der Waals surface area contributed by atoms with Gasteiger partial charge in [-0.25, -0.2) is 4.98 Å². The predicted molar refractivity (Wildman–Crippen MR) is 95.2 cm³/mol. The maximum atomic E-state index is 12.7. The number of carbonyl (C=O) groups is 2. The van der Waals surface area contributed by atoms with Gasteiger partial charge in [-0.15, -0.1) is 0 Å². The Hall–Kier alpha value is -2.74. The number of nitrogens with two attached hydrogens (primary N) is 1. The van der Waals surface area contributed by atoms with Crippen LogP contribution >= 0.6 is 0 Å². The van der Waals surface area contributed by atoms with Gasteiger partial charge in [-0.2, -0.15) is 0 Å². The number of methoxy groups -OCH3 is 1. The van der Waals surface area contributed by atoms with E-state index in [-0.39, 0.29) is 24.0 Å². The Labute approximate surface area is 150 Å². The first kappa shape index (κ1) is 18.1. The topological polar surface area (TPSA) is 108 Å². The molecule has 1 fully saturated rings. The van der Waals surface area contributed by atoms with E-state index in [2.05, 4.69) is 9.88 Å². The molecule has 0 aliphatic carbocycles. The van der Waals surface area contributed by atoms with E-state index >= 15 is 0 Å². The monoisotopic (exact) mass is 358 g/mol. The molecule has 0 atom stereocenters. The second-order valence-corrected chi connectivity index (χ2v) is 6.48. The Bertz CT molecular complexity index is 884. The van der Waals surface area contributed by atoms with Crippen LogP contribution in [0.3, 0.4) is 0 Å². The van der Waals surface area contributed by atoms with Crippen LogP contribution in [0.1, 0.15) is 18.7 Å². The number of para-hydroxylation sites is 1. The minimum Gasteiger partial charge on any atom is -0.469 e. The number of rotatable bonds is 5. The second-order valence-electron chi connectivity index (χ2n) is 6.48. The molecule has 2 aromatic rings. The van der Waals surface area contributed by atoms with Gasteiger partial charge in [0.05, 0.1) is 30.5 Å². The smallest absolute Gasteiger partial charge is 0.308 e. The number of ether oxygens (including phenoxy) is 1. The molecule has 1 amide bonds. The molecule has 0 bridgehead atoms. The Kier molecular flexibility index (Phi) is 5.32. The van der Waals surface area contributed by atoms with Crippen molar-refractivity contribution < 1.29 is 14.3 Å². The van der Waals surface area contributed by atoms with Crippen molar-refractivity contribution in [1.29, 1.82) is 0 Å². The molecule has 1 saturated heterocycles. The number of aromatic nitrogens is 2. The predicted octanol–water partition coefficient (Wildman–Crippen LogP) is 0.267. The lowest BCUT2D eigenvalue weighted by molar-refractivity contribution is -0.147. The summed E-state index contributed by atoms with van der Waals surface area (Å²) in [4.78, 5) is 42.5. The van der Waals surface area contributed by atoms with Crippen molar-refractivity contribution in [1.82, 2.24) is 14.5 Å². The summed E-state index contributed by atoms with van der Waals surface area (Å²) in [5.41, 5.74) is 5.64. The van der Waals surface area contributed by atoms with Crippen LogP contribution in [0.5, 0.6) is 0 Å². The molecular weight excluding hydrogens is 336 g/mol. The molecule has 3 rings (SSSR count). The van der Waals surface area contributed by atoms with E-state index in [9.17, 15) is 14.4 Å². The number of benzene rings is 1. The Morgan fingerprint density at radius 2 is 1.96 bits per heavy atom. The van der Waals surface area contributed by atoms with Crippen molar-refractivity contribution in [2.45, 2.75) is 25.9 Å². The highest BCUT2D eigenvalue weighted by Gasteiger charge is 2.26. The van der Waals surface area contributed by atoms with Crippen molar-refractivity contribution in [3.05, 3.63) is 40.4 Å². The summed E-state index contributed by atoms with van der Waals surface area (Å²) in [6.45, 7) is 1.60. The first-order valence-electron chi connectivity index (χ1n) is 8.56. The van der Waals surface area contributed by atoms with Gasteiger partial charge in [0.25, 0.3) is 5.56 Å². The molecule has 1 aromatic heterocycles. The fourth-order valence-electron chi connectivity index (χ4n) is 3.35. The number of likely N-dealkylation sites (tertiary alicyclic amines) is 1. The van der Waals surface area contributed by atoms with Crippen molar-refractivity contribution in [2.75, 3.05) is 20.2 Å². The number of piperidine rings is 1. The van der Waals surface area contributed by atoms with Crippen LogP contribution in [0, 0.1) is 5.92 Å². The Morgan fingerprint density at radius 3 is 2.62 bits per heavy atom. The van der Waals surface area contributed by atoms with E-state index in [0.29, 0.717) is 49.2 Å². The molecule has 1 aliphatic heterocycles. The fourth-order valence-corrected chi connectivity index (χ4v) is 3.35. The van der Waals surface area contributed by atoms with Crippen molar-refractivity contribution in [2.24, 2.45) is 11.7 Å². The molecule has 0 spiro atoms. The van der Waals surface area contributed by atoms with Gasteiger partial charge in [0, 0.05) is 0 Å². The first-order valence-corrected chi connectivity index (χ1v) is 8.56. The third-order valence-corrected chi connectivity index (χ3v) is 4.74. The molecule has 0 unspecified atom stereocenters.